The highest BCUT2D eigenvalue weighted by Gasteiger charge is 2.18. The lowest BCUT2D eigenvalue weighted by atomic mass is 9.98. The Morgan fingerprint density at radius 1 is 1.36 bits per heavy atom. The first kappa shape index (κ1) is 19.9. The van der Waals surface area contributed by atoms with E-state index in [0.717, 1.165) is 29.3 Å². The molecule has 3 N–H and O–H groups in total. The largest absolute Gasteiger partial charge is 0.508 e. The molecular weight excluding hydrogens is 380 g/mol. The smallest absolute Gasteiger partial charge is 0.342 e. The monoisotopic (exact) mass is 402 g/mol. The van der Waals surface area contributed by atoms with Gasteiger partial charge in [0.1, 0.15) is 34.3 Å². The van der Waals surface area contributed by atoms with Crippen LogP contribution in [-0.2, 0) is 17.8 Å². The van der Waals surface area contributed by atoms with Crippen molar-refractivity contribution in [2.75, 3.05) is 0 Å². The molecule has 148 valence electrons. The van der Waals surface area contributed by atoms with Gasteiger partial charge in [0.25, 0.3) is 5.56 Å². The molecule has 0 saturated heterocycles. The molecule has 0 unspecified atom stereocenters. The lowest BCUT2D eigenvalue weighted by Gasteiger charge is -2.08. The summed E-state index contributed by atoms with van der Waals surface area (Å²) < 4.78 is 5.15. The van der Waals surface area contributed by atoms with Crippen molar-refractivity contribution >= 4 is 27.5 Å². The summed E-state index contributed by atoms with van der Waals surface area (Å²) in [5, 5.41) is 19.6. The molecule has 0 aliphatic carbocycles. The van der Waals surface area contributed by atoms with Crippen LogP contribution in [0.5, 0.6) is 11.5 Å². The van der Waals surface area contributed by atoms with Gasteiger partial charge in [-0.2, -0.15) is 0 Å². The topological polar surface area (TPSA) is 113 Å². The van der Waals surface area contributed by atoms with Gasteiger partial charge >= 0.3 is 5.97 Å². The fourth-order valence-electron chi connectivity index (χ4n) is 2.93. The maximum absolute atomic E-state index is 12.6. The number of carbonyl (C=O) groups excluding carboxylic acids is 1. The number of aromatic nitrogens is 2. The van der Waals surface area contributed by atoms with Crippen molar-refractivity contribution in [3.05, 3.63) is 50.4 Å². The number of carbonyl (C=O) groups is 1. The van der Waals surface area contributed by atoms with Crippen LogP contribution in [0.1, 0.15) is 46.9 Å². The number of aromatic amines is 1. The molecule has 1 aromatic carbocycles. The van der Waals surface area contributed by atoms with E-state index in [1.54, 1.807) is 0 Å². The van der Waals surface area contributed by atoms with Gasteiger partial charge in [0.15, 0.2) is 0 Å². The number of hydrogen-bond acceptors (Lipinski definition) is 7. The maximum Gasteiger partial charge on any atom is 0.342 e. The Kier molecular flexibility index (Phi) is 5.69. The van der Waals surface area contributed by atoms with Crippen LogP contribution in [0.15, 0.2) is 23.0 Å². The lowest BCUT2D eigenvalue weighted by Crippen LogP contribution is -2.15. The highest BCUT2D eigenvalue weighted by molar-refractivity contribution is 7.18. The van der Waals surface area contributed by atoms with Crippen LogP contribution in [0, 0.1) is 12.8 Å². The fourth-order valence-corrected chi connectivity index (χ4v) is 4.00. The summed E-state index contributed by atoms with van der Waals surface area (Å²) in [4.78, 5) is 33.6. The second kappa shape index (κ2) is 8.02. The highest BCUT2D eigenvalue weighted by atomic mass is 32.1. The number of hydrogen-bond donors (Lipinski definition) is 3. The van der Waals surface area contributed by atoms with Gasteiger partial charge < -0.3 is 19.9 Å². The van der Waals surface area contributed by atoms with Crippen LogP contribution >= 0.6 is 11.3 Å². The van der Waals surface area contributed by atoms with Crippen molar-refractivity contribution in [2.24, 2.45) is 5.92 Å². The molecule has 0 spiro atoms. The van der Waals surface area contributed by atoms with Crippen LogP contribution < -0.4 is 5.56 Å². The van der Waals surface area contributed by atoms with E-state index in [4.69, 9.17) is 4.74 Å². The molecule has 2 aromatic heterocycles. The van der Waals surface area contributed by atoms with Crippen LogP contribution in [0.2, 0.25) is 0 Å². The number of rotatable bonds is 6. The number of ether oxygens (including phenoxy) is 1. The van der Waals surface area contributed by atoms with Crippen molar-refractivity contribution in [1.82, 2.24) is 9.97 Å². The van der Waals surface area contributed by atoms with Gasteiger partial charge in [0.05, 0.1) is 5.39 Å². The minimum absolute atomic E-state index is 0.0796. The summed E-state index contributed by atoms with van der Waals surface area (Å²) in [6.07, 6.45) is 1.85. The lowest BCUT2D eigenvalue weighted by molar-refractivity contribution is 0.0459. The number of phenolic OH excluding ortho intramolecular Hbond substituents is 2. The molecule has 1 atom stereocenters. The number of thiophene rings is 1. The number of nitrogens with zero attached hydrogens (tertiary/aromatic N) is 1. The zero-order valence-electron chi connectivity index (χ0n) is 15.9. The number of fused-ring (bicyclic) bond motifs is 1. The molecule has 2 heterocycles. The zero-order valence-corrected chi connectivity index (χ0v) is 16.7. The highest BCUT2D eigenvalue weighted by Crippen LogP contribution is 2.29. The van der Waals surface area contributed by atoms with E-state index in [2.05, 4.69) is 23.8 Å². The fraction of sp³-hybridized carbons (Fsp3) is 0.350. The van der Waals surface area contributed by atoms with Crippen molar-refractivity contribution in [1.29, 1.82) is 0 Å². The third kappa shape index (κ3) is 4.01. The van der Waals surface area contributed by atoms with E-state index >= 15 is 0 Å². The molecule has 7 nitrogen and oxygen atoms in total. The van der Waals surface area contributed by atoms with Crippen LogP contribution in [0.25, 0.3) is 10.2 Å². The van der Waals surface area contributed by atoms with E-state index in [1.165, 1.54) is 23.5 Å². The Bertz CT molecular complexity index is 1090. The van der Waals surface area contributed by atoms with E-state index in [9.17, 15) is 19.8 Å². The van der Waals surface area contributed by atoms with Crippen LogP contribution in [0.3, 0.4) is 0 Å². The number of aryl methyl sites for hydroxylation is 1. The van der Waals surface area contributed by atoms with E-state index in [-0.39, 0.29) is 35.1 Å². The van der Waals surface area contributed by atoms with Gasteiger partial charge in [-0.15, -0.1) is 11.3 Å². The second-order valence-corrected chi connectivity index (χ2v) is 8.03. The van der Waals surface area contributed by atoms with E-state index < -0.39 is 5.97 Å². The number of nitrogens with one attached hydrogen (secondary N) is 1. The molecule has 0 saturated carbocycles. The average Bonchev–Trinajstić information content (AvgIpc) is 2.95. The summed E-state index contributed by atoms with van der Waals surface area (Å²) in [6.45, 7) is 6.02. The van der Waals surface area contributed by atoms with Gasteiger partial charge in [-0.25, -0.2) is 9.78 Å². The number of H-pyrrole nitrogens is 1. The molecular formula is C20H22N2O5S. The van der Waals surface area contributed by atoms with Crippen molar-refractivity contribution in [3.63, 3.8) is 0 Å². The average molecular weight is 402 g/mol. The Balaban J connectivity index is 1.83. The van der Waals surface area contributed by atoms with Crippen LogP contribution in [-0.4, -0.2) is 26.2 Å². The molecule has 28 heavy (non-hydrogen) atoms. The zero-order chi connectivity index (χ0) is 20.4. The number of phenols is 2. The molecule has 3 rings (SSSR count). The predicted molar refractivity (Wildman–Crippen MR) is 107 cm³/mol. The Morgan fingerprint density at radius 2 is 2.11 bits per heavy atom. The first-order chi connectivity index (χ1) is 13.3. The van der Waals surface area contributed by atoms with Gasteiger partial charge in [-0.1, -0.05) is 20.3 Å². The second-order valence-electron chi connectivity index (χ2n) is 6.82. The van der Waals surface area contributed by atoms with E-state index in [0.29, 0.717) is 16.1 Å². The van der Waals surface area contributed by atoms with Crippen molar-refractivity contribution in [2.45, 2.75) is 40.2 Å². The molecule has 8 heteroatoms. The van der Waals surface area contributed by atoms with Crippen molar-refractivity contribution < 1.29 is 19.7 Å². The maximum atomic E-state index is 12.6. The third-order valence-corrected chi connectivity index (χ3v) is 5.74. The van der Waals surface area contributed by atoms with Gasteiger partial charge in [0.2, 0.25) is 0 Å². The summed E-state index contributed by atoms with van der Waals surface area (Å²) in [7, 11) is 0. The summed E-state index contributed by atoms with van der Waals surface area (Å²) in [5.41, 5.74) is 0.705. The Morgan fingerprint density at radius 3 is 2.79 bits per heavy atom. The first-order valence-electron chi connectivity index (χ1n) is 9.00. The number of esters is 1. The summed E-state index contributed by atoms with van der Waals surface area (Å²) in [5.74, 6) is -0.618. The standard InChI is InChI=1S/C20H22N2O5S/c1-4-10(2)7-14-11(3)28-19-17(14)18(25)21-16(22-19)9-27-20(26)13-6-5-12(23)8-15(13)24/h5-6,8,10,23-24H,4,7,9H2,1-3H3,(H,21,22,25)/t10-/m1/s1. The molecule has 0 radical (unpaired) electrons. The minimum Gasteiger partial charge on any atom is -0.508 e. The normalized spacial score (nSPS) is 12.2. The number of benzene rings is 1. The summed E-state index contributed by atoms with van der Waals surface area (Å²) >= 11 is 1.45. The van der Waals surface area contributed by atoms with E-state index in [1.807, 2.05) is 6.92 Å². The quantitative estimate of drug-likeness (QED) is 0.543. The minimum atomic E-state index is -0.778. The van der Waals surface area contributed by atoms with Crippen molar-refractivity contribution in [3.8, 4) is 11.5 Å². The van der Waals surface area contributed by atoms with Gasteiger partial charge in [0, 0.05) is 10.9 Å². The molecule has 0 fully saturated rings. The molecule has 3 aromatic rings. The predicted octanol–water partition coefficient (Wildman–Crippen LogP) is 3.65. The SMILES string of the molecule is CC[C@@H](C)Cc1c(C)sc2nc(COC(=O)c3ccc(O)cc3O)[nH]c(=O)c12. The Labute approximate surface area is 165 Å². The summed E-state index contributed by atoms with van der Waals surface area (Å²) in [6, 6.07) is 3.59. The molecule has 0 bridgehead atoms. The molecule has 0 aliphatic heterocycles. The van der Waals surface area contributed by atoms with Gasteiger partial charge in [-0.3, -0.25) is 4.79 Å². The third-order valence-electron chi connectivity index (χ3n) is 4.70. The van der Waals surface area contributed by atoms with Gasteiger partial charge in [-0.05, 0) is 37.0 Å². The Hall–Kier alpha value is -2.87. The molecule has 0 aliphatic rings. The molecule has 0 amide bonds. The first-order valence-corrected chi connectivity index (χ1v) is 9.82. The van der Waals surface area contributed by atoms with Crippen LogP contribution in [0.4, 0.5) is 0 Å². The number of aromatic hydroxyl groups is 2.